The molecule has 9 nitrogen and oxygen atoms in total. The maximum atomic E-state index is 13.7. The van der Waals surface area contributed by atoms with Gasteiger partial charge in [-0.1, -0.05) is 46.1 Å². The third kappa shape index (κ3) is 9.48. The molecule has 10 heteroatoms. The van der Waals surface area contributed by atoms with Gasteiger partial charge >= 0.3 is 0 Å². The number of ether oxygens (including phenoxy) is 1. The van der Waals surface area contributed by atoms with E-state index in [-0.39, 0.29) is 23.8 Å². The largest absolute Gasteiger partial charge is 0.379 e. The molecule has 41 heavy (non-hydrogen) atoms. The fourth-order valence-corrected chi connectivity index (χ4v) is 6.73. The molecule has 2 heterocycles. The summed E-state index contributed by atoms with van der Waals surface area (Å²) in [7, 11) is 0. The van der Waals surface area contributed by atoms with Gasteiger partial charge in [0.2, 0.25) is 17.7 Å². The van der Waals surface area contributed by atoms with E-state index >= 15 is 0 Å². The number of morpholine rings is 1. The fraction of sp³-hybridized carbons (Fsp3) is 0.677. The van der Waals surface area contributed by atoms with Gasteiger partial charge < -0.3 is 20.7 Å². The predicted molar refractivity (Wildman–Crippen MR) is 163 cm³/mol. The molecule has 1 aromatic carbocycles. The van der Waals surface area contributed by atoms with E-state index in [9.17, 15) is 14.4 Å². The number of rotatable bonds is 13. The van der Waals surface area contributed by atoms with E-state index in [1.807, 2.05) is 6.07 Å². The fourth-order valence-electron chi connectivity index (χ4n) is 5.67. The Morgan fingerprint density at radius 3 is 2.54 bits per heavy atom. The standard InChI is InChI=1S/C31H47N5O4S/c1-4-28(37)33-25(19-30-34-24-11-10-23(21(2)3)18-27(24)41-30)31(39)35-26(22-8-6-5-7-9-22)20-32-29(38)12-13-36-14-16-40-17-15-36/h10-11,18,21-22,25-26H,4-9,12-17,19-20H2,1-3H3,(H,32,38)(H,33,37)(H,35,39)/t25-,26+/m1/s1. The van der Waals surface area contributed by atoms with Gasteiger partial charge in [-0.25, -0.2) is 4.98 Å². The second-order valence-electron chi connectivity index (χ2n) is 11.7. The molecule has 2 aromatic rings. The highest BCUT2D eigenvalue weighted by atomic mass is 32.1. The maximum absolute atomic E-state index is 13.7. The first kappa shape index (κ1) is 31.4. The number of carbonyl (C=O) groups is 3. The van der Waals surface area contributed by atoms with Crippen LogP contribution in [-0.2, 0) is 25.5 Å². The summed E-state index contributed by atoms with van der Waals surface area (Å²) in [5.74, 6) is 0.333. The number of benzene rings is 1. The summed E-state index contributed by atoms with van der Waals surface area (Å²) in [6.07, 6.45) is 6.56. The zero-order valence-corrected chi connectivity index (χ0v) is 25.7. The quantitative estimate of drug-likeness (QED) is 0.330. The van der Waals surface area contributed by atoms with Crippen LogP contribution in [-0.4, -0.2) is 79.1 Å². The van der Waals surface area contributed by atoms with Crippen LogP contribution in [0.4, 0.5) is 0 Å². The molecule has 1 saturated heterocycles. The Balaban J connectivity index is 1.41. The van der Waals surface area contributed by atoms with E-state index in [1.54, 1.807) is 18.3 Å². The Kier molecular flexibility index (Phi) is 11.9. The van der Waals surface area contributed by atoms with Crippen molar-refractivity contribution in [2.45, 2.75) is 90.1 Å². The van der Waals surface area contributed by atoms with Crippen LogP contribution in [0.3, 0.4) is 0 Å². The zero-order chi connectivity index (χ0) is 29.2. The number of aromatic nitrogens is 1. The lowest BCUT2D eigenvalue weighted by molar-refractivity contribution is -0.129. The van der Waals surface area contributed by atoms with E-state index in [2.05, 4.69) is 46.8 Å². The van der Waals surface area contributed by atoms with Crippen LogP contribution in [0, 0.1) is 5.92 Å². The monoisotopic (exact) mass is 585 g/mol. The number of carbonyl (C=O) groups excluding carboxylic acids is 3. The second-order valence-corrected chi connectivity index (χ2v) is 12.8. The number of fused-ring (bicyclic) bond motifs is 1. The number of thiazole rings is 1. The SMILES string of the molecule is CCC(=O)N[C@H](Cc1nc2ccc(C(C)C)cc2s1)C(=O)N[C@@H](CNC(=O)CCN1CCOCC1)C1CCCCC1. The van der Waals surface area contributed by atoms with Crippen LogP contribution in [0.1, 0.15) is 82.2 Å². The number of nitrogens with zero attached hydrogens (tertiary/aromatic N) is 2. The molecular formula is C31H47N5O4S. The molecular weight excluding hydrogens is 538 g/mol. The van der Waals surface area contributed by atoms with Crippen LogP contribution in [0.25, 0.3) is 10.2 Å². The van der Waals surface area contributed by atoms with Crippen molar-refractivity contribution in [2.75, 3.05) is 39.4 Å². The van der Waals surface area contributed by atoms with Crippen LogP contribution >= 0.6 is 11.3 Å². The van der Waals surface area contributed by atoms with Gasteiger partial charge in [0.25, 0.3) is 0 Å². The molecule has 3 amide bonds. The molecule has 1 aliphatic carbocycles. The Morgan fingerprint density at radius 2 is 1.83 bits per heavy atom. The van der Waals surface area contributed by atoms with Crippen LogP contribution in [0.15, 0.2) is 18.2 Å². The number of hydrogen-bond donors (Lipinski definition) is 3. The van der Waals surface area contributed by atoms with Crippen LogP contribution in [0.5, 0.6) is 0 Å². The van der Waals surface area contributed by atoms with E-state index in [4.69, 9.17) is 9.72 Å². The van der Waals surface area contributed by atoms with E-state index in [1.165, 1.54) is 12.0 Å². The average molecular weight is 586 g/mol. The normalized spacial score (nSPS) is 18.2. The topological polar surface area (TPSA) is 113 Å². The second kappa shape index (κ2) is 15.6. The first-order valence-electron chi connectivity index (χ1n) is 15.4. The summed E-state index contributed by atoms with van der Waals surface area (Å²) in [5, 5.41) is 10.1. The van der Waals surface area contributed by atoms with Gasteiger partial charge in [-0.05, 0) is 42.4 Å². The van der Waals surface area contributed by atoms with Crippen molar-refractivity contribution in [2.24, 2.45) is 5.92 Å². The van der Waals surface area contributed by atoms with Gasteiger partial charge in [-0.15, -0.1) is 11.3 Å². The predicted octanol–water partition coefficient (Wildman–Crippen LogP) is 3.76. The lowest BCUT2D eigenvalue weighted by Crippen LogP contribution is -2.55. The molecule has 0 radical (unpaired) electrons. The minimum Gasteiger partial charge on any atom is -0.379 e. The average Bonchev–Trinajstić information content (AvgIpc) is 3.40. The molecule has 3 N–H and O–H groups in total. The van der Waals surface area contributed by atoms with E-state index < -0.39 is 6.04 Å². The third-order valence-corrected chi connectivity index (χ3v) is 9.34. The van der Waals surface area contributed by atoms with Crippen molar-refractivity contribution in [3.8, 4) is 0 Å². The first-order chi connectivity index (χ1) is 19.8. The molecule has 226 valence electrons. The van der Waals surface area contributed by atoms with Gasteiger partial charge in [0.1, 0.15) is 6.04 Å². The van der Waals surface area contributed by atoms with Crippen molar-refractivity contribution >= 4 is 39.3 Å². The molecule has 1 saturated carbocycles. The Morgan fingerprint density at radius 1 is 1.07 bits per heavy atom. The lowest BCUT2D eigenvalue weighted by atomic mass is 9.83. The number of amides is 3. The smallest absolute Gasteiger partial charge is 0.243 e. The van der Waals surface area contributed by atoms with Gasteiger partial charge in [-0.3, -0.25) is 19.3 Å². The highest BCUT2D eigenvalue weighted by molar-refractivity contribution is 7.18. The number of nitrogens with one attached hydrogen (secondary N) is 3. The first-order valence-corrected chi connectivity index (χ1v) is 16.2. The zero-order valence-electron chi connectivity index (χ0n) is 24.9. The maximum Gasteiger partial charge on any atom is 0.243 e. The third-order valence-electron chi connectivity index (χ3n) is 8.30. The highest BCUT2D eigenvalue weighted by Crippen LogP contribution is 2.28. The van der Waals surface area contributed by atoms with Crippen molar-refractivity contribution < 1.29 is 19.1 Å². The minimum atomic E-state index is -0.726. The Bertz CT molecular complexity index is 1160. The molecule has 2 atom stereocenters. The lowest BCUT2D eigenvalue weighted by Gasteiger charge is -2.32. The van der Waals surface area contributed by atoms with Gasteiger partial charge in [0.15, 0.2) is 0 Å². The molecule has 4 rings (SSSR count). The summed E-state index contributed by atoms with van der Waals surface area (Å²) >= 11 is 1.58. The van der Waals surface area contributed by atoms with E-state index in [0.717, 1.165) is 54.0 Å². The van der Waals surface area contributed by atoms with Crippen LogP contribution in [0.2, 0.25) is 0 Å². The Hall–Kier alpha value is -2.56. The van der Waals surface area contributed by atoms with Crippen molar-refractivity contribution in [3.05, 3.63) is 28.8 Å². The van der Waals surface area contributed by atoms with Crippen molar-refractivity contribution in [1.82, 2.24) is 25.8 Å². The summed E-state index contributed by atoms with van der Waals surface area (Å²) in [6.45, 7) is 10.4. The van der Waals surface area contributed by atoms with Gasteiger partial charge in [0, 0.05) is 51.5 Å². The highest BCUT2D eigenvalue weighted by Gasteiger charge is 2.30. The summed E-state index contributed by atoms with van der Waals surface area (Å²) in [4.78, 5) is 45.9. The Labute approximate surface area is 248 Å². The molecule has 1 aromatic heterocycles. The summed E-state index contributed by atoms with van der Waals surface area (Å²) in [6, 6.07) is 5.40. The van der Waals surface area contributed by atoms with Gasteiger partial charge in [-0.2, -0.15) is 0 Å². The molecule has 0 spiro atoms. The molecule has 2 fully saturated rings. The van der Waals surface area contributed by atoms with Crippen LogP contribution < -0.4 is 16.0 Å². The van der Waals surface area contributed by atoms with Crippen molar-refractivity contribution in [3.63, 3.8) is 0 Å². The van der Waals surface area contributed by atoms with E-state index in [0.29, 0.717) is 57.4 Å². The molecule has 0 unspecified atom stereocenters. The summed E-state index contributed by atoms with van der Waals surface area (Å²) in [5.41, 5.74) is 2.17. The minimum absolute atomic E-state index is 0.00220. The molecule has 1 aliphatic heterocycles. The molecule has 2 aliphatic rings. The number of hydrogen-bond acceptors (Lipinski definition) is 7. The summed E-state index contributed by atoms with van der Waals surface area (Å²) < 4.78 is 6.48. The van der Waals surface area contributed by atoms with Gasteiger partial charge in [0.05, 0.1) is 28.4 Å². The van der Waals surface area contributed by atoms with Crippen molar-refractivity contribution in [1.29, 1.82) is 0 Å². The molecule has 0 bridgehead atoms.